The topological polar surface area (TPSA) is 78.8 Å². The van der Waals surface area contributed by atoms with Gasteiger partial charge >= 0.3 is 6.09 Å². The van der Waals surface area contributed by atoms with E-state index in [-0.39, 0.29) is 18.2 Å². The molecule has 0 spiro atoms. The van der Waals surface area contributed by atoms with Crippen LogP contribution in [0.5, 0.6) is 0 Å². The maximum absolute atomic E-state index is 11.6. The molecule has 0 aliphatic carbocycles. The van der Waals surface area contributed by atoms with Crippen molar-refractivity contribution in [1.29, 1.82) is 0 Å². The molecule has 2 unspecified atom stereocenters. The third kappa shape index (κ3) is 5.39. The van der Waals surface area contributed by atoms with Gasteiger partial charge in [-0.2, -0.15) is 0 Å². The number of hydrogen-bond donors (Lipinski definition) is 3. The number of benzene rings is 2. The van der Waals surface area contributed by atoms with Gasteiger partial charge in [-0.25, -0.2) is 4.79 Å². The van der Waals surface area contributed by atoms with E-state index < -0.39 is 18.3 Å². The van der Waals surface area contributed by atoms with Crippen molar-refractivity contribution in [3.05, 3.63) is 69.7 Å². The molecular weight excluding hydrogens is 353 g/mol. The van der Waals surface area contributed by atoms with Gasteiger partial charge in [0.2, 0.25) is 0 Å². The molecule has 0 radical (unpaired) electrons. The Kier molecular flexibility index (Phi) is 6.87. The number of aliphatic hydroxyl groups is 2. The van der Waals surface area contributed by atoms with Gasteiger partial charge in [0, 0.05) is 22.2 Å². The molecule has 0 aromatic heterocycles. The Balaban J connectivity index is 1.81. The number of carbonyl (C=O) groups is 1. The summed E-state index contributed by atoms with van der Waals surface area (Å²) in [5, 5.41) is 23.2. The van der Waals surface area contributed by atoms with E-state index in [0.717, 1.165) is 5.56 Å². The van der Waals surface area contributed by atoms with E-state index in [9.17, 15) is 15.0 Å². The summed E-state index contributed by atoms with van der Waals surface area (Å²) in [5.74, 6) is 0. The molecule has 0 bridgehead atoms. The van der Waals surface area contributed by atoms with Gasteiger partial charge < -0.3 is 20.3 Å². The van der Waals surface area contributed by atoms with Crippen LogP contribution in [-0.4, -0.2) is 29.0 Å². The SMILES string of the molecule is O=C(NCC(O)C(O)c1ccc(Cl)cc1Cl)OCc1ccccc1. The molecule has 0 heterocycles. The number of alkyl carbamates (subject to hydrolysis) is 1. The number of amides is 1. The maximum Gasteiger partial charge on any atom is 0.407 e. The summed E-state index contributed by atoms with van der Waals surface area (Å²) < 4.78 is 5.02. The molecule has 5 nitrogen and oxygen atoms in total. The minimum absolute atomic E-state index is 0.119. The molecule has 128 valence electrons. The molecule has 3 N–H and O–H groups in total. The second-order valence-electron chi connectivity index (χ2n) is 5.12. The molecule has 2 rings (SSSR count). The molecule has 2 aromatic carbocycles. The van der Waals surface area contributed by atoms with Gasteiger partial charge in [0.25, 0.3) is 0 Å². The van der Waals surface area contributed by atoms with Crippen LogP contribution in [0.3, 0.4) is 0 Å². The highest BCUT2D eigenvalue weighted by Crippen LogP contribution is 2.27. The highest BCUT2D eigenvalue weighted by molar-refractivity contribution is 6.35. The van der Waals surface area contributed by atoms with Crippen molar-refractivity contribution < 1.29 is 19.7 Å². The number of carbonyl (C=O) groups excluding carboxylic acids is 1. The molecule has 7 heteroatoms. The minimum Gasteiger partial charge on any atom is -0.445 e. The van der Waals surface area contributed by atoms with Crippen molar-refractivity contribution in [3.63, 3.8) is 0 Å². The van der Waals surface area contributed by atoms with Crippen molar-refractivity contribution in [1.82, 2.24) is 5.32 Å². The van der Waals surface area contributed by atoms with Gasteiger partial charge in [0.1, 0.15) is 18.8 Å². The summed E-state index contributed by atoms with van der Waals surface area (Å²) in [6.07, 6.45) is -3.19. The standard InChI is InChI=1S/C17H17Cl2NO4/c18-12-6-7-13(14(19)8-12)16(22)15(21)9-20-17(23)24-10-11-4-2-1-3-5-11/h1-8,15-16,21-22H,9-10H2,(H,20,23). The number of nitrogens with one attached hydrogen (secondary N) is 1. The average Bonchev–Trinajstić information content (AvgIpc) is 2.58. The maximum atomic E-state index is 11.6. The Morgan fingerprint density at radius 1 is 1.12 bits per heavy atom. The second-order valence-corrected chi connectivity index (χ2v) is 5.96. The van der Waals surface area contributed by atoms with Crippen LogP contribution in [0.15, 0.2) is 48.5 Å². The lowest BCUT2D eigenvalue weighted by atomic mass is 10.0. The van der Waals surface area contributed by atoms with Crippen molar-refractivity contribution in [2.45, 2.75) is 18.8 Å². The van der Waals surface area contributed by atoms with E-state index in [1.165, 1.54) is 12.1 Å². The summed E-state index contributed by atoms with van der Waals surface area (Å²) >= 11 is 11.8. The largest absolute Gasteiger partial charge is 0.445 e. The van der Waals surface area contributed by atoms with Crippen LogP contribution in [0.1, 0.15) is 17.2 Å². The van der Waals surface area contributed by atoms with E-state index in [0.29, 0.717) is 10.6 Å². The number of rotatable bonds is 6. The Morgan fingerprint density at radius 3 is 2.50 bits per heavy atom. The smallest absolute Gasteiger partial charge is 0.407 e. The number of aliphatic hydroxyl groups excluding tert-OH is 2. The minimum atomic E-state index is -1.26. The lowest BCUT2D eigenvalue weighted by Gasteiger charge is -2.19. The molecule has 1 amide bonds. The lowest BCUT2D eigenvalue weighted by Crippen LogP contribution is -2.35. The van der Waals surface area contributed by atoms with Crippen LogP contribution in [0.4, 0.5) is 4.79 Å². The van der Waals surface area contributed by atoms with Gasteiger partial charge in [0.05, 0.1) is 0 Å². The summed E-state index contributed by atoms with van der Waals surface area (Å²) in [6.45, 7) is -0.0674. The van der Waals surface area contributed by atoms with Gasteiger partial charge in [-0.1, -0.05) is 59.6 Å². The van der Waals surface area contributed by atoms with Crippen molar-refractivity contribution >= 4 is 29.3 Å². The Morgan fingerprint density at radius 2 is 1.83 bits per heavy atom. The Hall–Kier alpha value is -1.79. The molecule has 0 saturated heterocycles. The quantitative estimate of drug-likeness (QED) is 0.729. The first-order valence-corrected chi connectivity index (χ1v) is 7.98. The molecule has 0 aliphatic heterocycles. The number of ether oxygens (including phenoxy) is 1. The highest BCUT2D eigenvalue weighted by Gasteiger charge is 2.21. The third-order valence-corrected chi connectivity index (χ3v) is 3.88. The van der Waals surface area contributed by atoms with Crippen LogP contribution in [-0.2, 0) is 11.3 Å². The van der Waals surface area contributed by atoms with Crippen molar-refractivity contribution in [3.8, 4) is 0 Å². The van der Waals surface area contributed by atoms with E-state index in [4.69, 9.17) is 27.9 Å². The summed E-state index contributed by atoms with van der Waals surface area (Å²) in [6, 6.07) is 13.7. The van der Waals surface area contributed by atoms with E-state index >= 15 is 0 Å². The predicted molar refractivity (Wildman–Crippen MR) is 92.1 cm³/mol. The van der Waals surface area contributed by atoms with Gasteiger partial charge in [-0.05, 0) is 17.7 Å². The second kappa shape index (κ2) is 8.89. The van der Waals surface area contributed by atoms with E-state index in [1.807, 2.05) is 30.3 Å². The molecule has 0 saturated carbocycles. The Bertz CT molecular complexity index is 682. The molecule has 0 fully saturated rings. The summed E-state index contributed by atoms with van der Waals surface area (Å²) in [7, 11) is 0. The first kappa shape index (κ1) is 18.5. The first-order chi connectivity index (χ1) is 11.5. The van der Waals surface area contributed by atoms with Crippen LogP contribution in [0, 0.1) is 0 Å². The fourth-order valence-corrected chi connectivity index (χ4v) is 2.54. The first-order valence-electron chi connectivity index (χ1n) is 7.23. The zero-order chi connectivity index (χ0) is 17.5. The monoisotopic (exact) mass is 369 g/mol. The van der Waals surface area contributed by atoms with Crippen LogP contribution in [0.2, 0.25) is 10.0 Å². The highest BCUT2D eigenvalue weighted by atomic mass is 35.5. The van der Waals surface area contributed by atoms with Crippen LogP contribution in [0.25, 0.3) is 0 Å². The Labute approximate surface area is 149 Å². The summed E-state index contributed by atoms with van der Waals surface area (Å²) in [5.41, 5.74) is 1.18. The van der Waals surface area contributed by atoms with Crippen molar-refractivity contribution in [2.24, 2.45) is 0 Å². The lowest BCUT2D eigenvalue weighted by molar-refractivity contribution is 0.0184. The molecular formula is C17H17Cl2NO4. The van der Waals surface area contributed by atoms with Crippen molar-refractivity contribution in [2.75, 3.05) is 6.54 Å². The fourth-order valence-electron chi connectivity index (χ4n) is 2.02. The molecule has 0 aliphatic rings. The summed E-state index contributed by atoms with van der Waals surface area (Å²) in [4.78, 5) is 11.6. The number of hydrogen-bond acceptors (Lipinski definition) is 4. The van der Waals surface area contributed by atoms with Gasteiger partial charge in [-0.15, -0.1) is 0 Å². The molecule has 2 atom stereocenters. The average molecular weight is 370 g/mol. The van der Waals surface area contributed by atoms with Crippen LogP contribution < -0.4 is 5.32 Å². The van der Waals surface area contributed by atoms with E-state index in [1.54, 1.807) is 6.07 Å². The van der Waals surface area contributed by atoms with Gasteiger partial charge in [0.15, 0.2) is 0 Å². The van der Waals surface area contributed by atoms with E-state index in [2.05, 4.69) is 5.32 Å². The zero-order valence-corrected chi connectivity index (χ0v) is 14.2. The normalized spacial score (nSPS) is 13.2. The van der Waals surface area contributed by atoms with Gasteiger partial charge in [-0.3, -0.25) is 0 Å². The predicted octanol–water partition coefficient (Wildman–Crippen LogP) is 3.31. The molecule has 2 aromatic rings. The third-order valence-electron chi connectivity index (χ3n) is 3.31. The fraction of sp³-hybridized carbons (Fsp3) is 0.235. The molecule has 24 heavy (non-hydrogen) atoms. The zero-order valence-electron chi connectivity index (χ0n) is 12.7. The number of halogens is 2. The van der Waals surface area contributed by atoms with Crippen LogP contribution >= 0.6 is 23.2 Å².